The lowest BCUT2D eigenvalue weighted by molar-refractivity contribution is 0.0600. The first-order valence-corrected chi connectivity index (χ1v) is 11.5. The van der Waals surface area contributed by atoms with Crippen LogP contribution in [0.2, 0.25) is 0 Å². The van der Waals surface area contributed by atoms with Crippen LogP contribution >= 0.6 is 0 Å². The second-order valence-electron chi connectivity index (χ2n) is 9.00. The van der Waals surface area contributed by atoms with Crippen molar-refractivity contribution in [1.82, 2.24) is 19.6 Å². The Kier molecular flexibility index (Phi) is 8.80. The highest BCUT2D eigenvalue weighted by Gasteiger charge is 2.14. The Labute approximate surface area is 197 Å². The summed E-state index contributed by atoms with van der Waals surface area (Å²) >= 11 is 0. The van der Waals surface area contributed by atoms with E-state index in [9.17, 15) is 4.79 Å². The van der Waals surface area contributed by atoms with E-state index in [-0.39, 0.29) is 5.97 Å². The summed E-state index contributed by atoms with van der Waals surface area (Å²) in [5.74, 6) is -0.347. The number of nitrogens with zero attached hydrogens (tertiary/aromatic N) is 4. The molecule has 33 heavy (non-hydrogen) atoms. The van der Waals surface area contributed by atoms with Gasteiger partial charge in [0.05, 0.1) is 24.1 Å². The van der Waals surface area contributed by atoms with Crippen LogP contribution in [-0.2, 0) is 17.6 Å². The first-order valence-electron chi connectivity index (χ1n) is 11.5. The molecule has 0 aliphatic heterocycles. The van der Waals surface area contributed by atoms with Gasteiger partial charge in [0.2, 0.25) is 0 Å². The lowest BCUT2D eigenvalue weighted by atomic mass is 10.0. The summed E-state index contributed by atoms with van der Waals surface area (Å²) in [4.78, 5) is 16.4. The highest BCUT2D eigenvalue weighted by Crippen LogP contribution is 2.26. The van der Waals surface area contributed by atoms with Gasteiger partial charge >= 0.3 is 5.97 Å². The highest BCUT2D eigenvalue weighted by molar-refractivity contribution is 5.89. The molecule has 0 unspecified atom stereocenters. The molecule has 0 bridgehead atoms. The number of aromatic nitrogens is 2. The van der Waals surface area contributed by atoms with E-state index in [0.717, 1.165) is 55.7 Å². The van der Waals surface area contributed by atoms with Crippen LogP contribution in [0.4, 0.5) is 0 Å². The van der Waals surface area contributed by atoms with Gasteiger partial charge in [0.1, 0.15) is 0 Å². The Hall–Kier alpha value is -2.96. The minimum atomic E-state index is -0.347. The molecule has 2 aromatic carbocycles. The summed E-state index contributed by atoms with van der Waals surface area (Å²) in [7, 11) is 9.81. The van der Waals surface area contributed by atoms with E-state index in [1.807, 2.05) is 22.9 Å². The largest absolute Gasteiger partial charge is 0.465 e. The number of ether oxygens (including phenoxy) is 1. The third-order valence-corrected chi connectivity index (χ3v) is 5.67. The third-order valence-electron chi connectivity index (χ3n) is 5.67. The zero-order valence-corrected chi connectivity index (χ0v) is 20.5. The molecule has 0 N–H and O–H groups in total. The molecule has 0 aliphatic rings. The molecule has 0 spiro atoms. The Bertz CT molecular complexity index is 1040. The van der Waals surface area contributed by atoms with E-state index in [0.29, 0.717) is 5.56 Å². The number of hydrogen-bond acceptors (Lipinski definition) is 5. The number of benzene rings is 2. The Morgan fingerprint density at radius 3 is 2.24 bits per heavy atom. The number of esters is 1. The van der Waals surface area contributed by atoms with Crippen molar-refractivity contribution in [1.29, 1.82) is 0 Å². The van der Waals surface area contributed by atoms with Gasteiger partial charge in [-0.1, -0.05) is 30.3 Å². The minimum absolute atomic E-state index is 0.347. The number of aryl methyl sites for hydroxylation is 2. The second kappa shape index (κ2) is 11.8. The molecule has 3 aromatic rings. The molecule has 1 aromatic heterocycles. The standard InChI is InChI=1S/C27H36N4O2/c1-29(2)17-7-9-21-13-15-22(16-14-21)26-24(11-8-18-30(3)4)20-31(28-26)25-12-6-10-23(19-25)27(32)33-5/h6,10,12-16,19-20H,7-9,11,17-18H2,1-5H3. The molecule has 176 valence electrons. The van der Waals surface area contributed by atoms with E-state index >= 15 is 0 Å². The zero-order chi connectivity index (χ0) is 23.8. The molecule has 3 rings (SSSR count). The summed E-state index contributed by atoms with van der Waals surface area (Å²) in [6, 6.07) is 16.2. The summed E-state index contributed by atoms with van der Waals surface area (Å²) in [5, 5.41) is 4.93. The van der Waals surface area contributed by atoms with Crippen LogP contribution < -0.4 is 0 Å². The van der Waals surface area contributed by atoms with Crippen molar-refractivity contribution >= 4 is 5.97 Å². The maximum atomic E-state index is 12.0. The monoisotopic (exact) mass is 448 g/mol. The van der Waals surface area contributed by atoms with Crippen LogP contribution in [0.1, 0.15) is 34.3 Å². The van der Waals surface area contributed by atoms with E-state index in [2.05, 4.69) is 68.5 Å². The van der Waals surface area contributed by atoms with Crippen LogP contribution in [-0.4, -0.2) is 73.9 Å². The molecule has 1 heterocycles. The molecule has 0 aliphatic carbocycles. The molecular weight excluding hydrogens is 412 g/mol. The SMILES string of the molecule is COC(=O)c1cccc(-n2cc(CCCN(C)C)c(-c3ccc(CCCN(C)C)cc3)n2)c1. The molecule has 0 amide bonds. The van der Waals surface area contributed by atoms with Crippen molar-refractivity contribution in [3.05, 3.63) is 71.4 Å². The van der Waals surface area contributed by atoms with Crippen LogP contribution in [0.15, 0.2) is 54.7 Å². The van der Waals surface area contributed by atoms with Crippen molar-refractivity contribution in [2.45, 2.75) is 25.7 Å². The van der Waals surface area contributed by atoms with Crippen LogP contribution in [0.5, 0.6) is 0 Å². The van der Waals surface area contributed by atoms with E-state index in [4.69, 9.17) is 9.84 Å². The van der Waals surface area contributed by atoms with Gasteiger partial charge in [0.25, 0.3) is 0 Å². The van der Waals surface area contributed by atoms with Crippen molar-refractivity contribution < 1.29 is 9.53 Å². The molecular formula is C27H36N4O2. The number of carbonyl (C=O) groups is 1. The van der Waals surface area contributed by atoms with Crippen molar-refractivity contribution in [3.8, 4) is 16.9 Å². The summed E-state index contributed by atoms with van der Waals surface area (Å²) in [5.41, 5.74) is 6.04. The van der Waals surface area contributed by atoms with Crippen LogP contribution in [0.3, 0.4) is 0 Å². The predicted molar refractivity (Wildman–Crippen MR) is 134 cm³/mol. The Morgan fingerprint density at radius 1 is 0.939 bits per heavy atom. The number of carbonyl (C=O) groups excluding carboxylic acids is 1. The highest BCUT2D eigenvalue weighted by atomic mass is 16.5. The third kappa shape index (κ3) is 7.01. The Morgan fingerprint density at radius 2 is 1.61 bits per heavy atom. The number of hydrogen-bond donors (Lipinski definition) is 0. The van der Waals surface area contributed by atoms with Gasteiger partial charge in [-0.15, -0.1) is 0 Å². The first kappa shape index (κ1) is 24.7. The maximum absolute atomic E-state index is 12.0. The predicted octanol–water partition coefficient (Wildman–Crippen LogP) is 4.31. The topological polar surface area (TPSA) is 50.6 Å². The Balaban J connectivity index is 1.88. The summed E-state index contributed by atoms with van der Waals surface area (Å²) < 4.78 is 6.75. The number of methoxy groups -OCH3 is 1. The normalized spacial score (nSPS) is 11.4. The van der Waals surface area contributed by atoms with Gasteiger partial charge in [-0.05, 0) is 96.3 Å². The van der Waals surface area contributed by atoms with Gasteiger partial charge in [0, 0.05) is 11.8 Å². The molecule has 0 atom stereocenters. The average Bonchev–Trinajstić information content (AvgIpc) is 3.23. The maximum Gasteiger partial charge on any atom is 0.337 e. The molecule has 0 saturated heterocycles. The molecule has 6 heteroatoms. The second-order valence-corrected chi connectivity index (χ2v) is 9.00. The van der Waals surface area contributed by atoms with Gasteiger partial charge in [-0.2, -0.15) is 5.10 Å². The molecule has 0 fully saturated rings. The average molecular weight is 449 g/mol. The lowest BCUT2D eigenvalue weighted by Gasteiger charge is -2.10. The minimum Gasteiger partial charge on any atom is -0.465 e. The van der Waals surface area contributed by atoms with E-state index < -0.39 is 0 Å². The van der Waals surface area contributed by atoms with Crippen LogP contribution in [0.25, 0.3) is 16.9 Å². The van der Waals surface area contributed by atoms with Crippen molar-refractivity contribution in [2.75, 3.05) is 48.4 Å². The fourth-order valence-corrected chi connectivity index (χ4v) is 3.88. The first-order chi connectivity index (χ1) is 15.9. The van der Waals surface area contributed by atoms with Gasteiger partial charge in [-0.3, -0.25) is 0 Å². The smallest absolute Gasteiger partial charge is 0.337 e. The zero-order valence-electron chi connectivity index (χ0n) is 20.5. The fraction of sp³-hybridized carbons (Fsp3) is 0.407. The van der Waals surface area contributed by atoms with Gasteiger partial charge in [-0.25, -0.2) is 9.48 Å². The van der Waals surface area contributed by atoms with Crippen LogP contribution in [0, 0.1) is 0 Å². The quantitative estimate of drug-likeness (QED) is 0.409. The molecule has 6 nitrogen and oxygen atoms in total. The molecule has 0 radical (unpaired) electrons. The summed E-state index contributed by atoms with van der Waals surface area (Å²) in [6.07, 6.45) is 6.30. The lowest BCUT2D eigenvalue weighted by Crippen LogP contribution is -2.13. The van der Waals surface area contributed by atoms with Gasteiger partial charge < -0.3 is 14.5 Å². The van der Waals surface area contributed by atoms with Crippen molar-refractivity contribution in [2.24, 2.45) is 0 Å². The molecule has 0 saturated carbocycles. The number of rotatable bonds is 11. The van der Waals surface area contributed by atoms with Crippen molar-refractivity contribution in [3.63, 3.8) is 0 Å². The fourth-order valence-electron chi connectivity index (χ4n) is 3.88. The van der Waals surface area contributed by atoms with E-state index in [1.165, 1.54) is 18.2 Å². The van der Waals surface area contributed by atoms with Gasteiger partial charge in [0.15, 0.2) is 0 Å². The summed E-state index contributed by atoms with van der Waals surface area (Å²) in [6.45, 7) is 2.11. The van der Waals surface area contributed by atoms with E-state index in [1.54, 1.807) is 6.07 Å².